The summed E-state index contributed by atoms with van der Waals surface area (Å²) < 4.78 is 6.68. The average molecular weight is 320 g/mol. The van der Waals surface area contributed by atoms with E-state index in [1.807, 2.05) is 0 Å². The molecule has 20 heavy (non-hydrogen) atoms. The van der Waals surface area contributed by atoms with Crippen molar-refractivity contribution >= 4 is 34.2 Å². The Morgan fingerprint density at radius 3 is 2.70 bits per heavy atom. The third-order valence-electron chi connectivity index (χ3n) is 3.24. The van der Waals surface area contributed by atoms with E-state index >= 15 is 0 Å². The molecular weight excluding hydrogens is 309 g/mol. The molecule has 1 saturated heterocycles. The number of nitrogens with zero attached hydrogens (tertiary/aromatic N) is 3. The van der Waals surface area contributed by atoms with Crippen LogP contribution in [-0.4, -0.2) is 55.0 Å². The highest BCUT2D eigenvalue weighted by Gasteiger charge is 2.44. The Morgan fingerprint density at radius 2 is 2.05 bits per heavy atom. The van der Waals surface area contributed by atoms with Crippen LogP contribution >= 0.6 is 23.2 Å². The van der Waals surface area contributed by atoms with Crippen LogP contribution in [0.3, 0.4) is 0 Å². The van der Waals surface area contributed by atoms with Gasteiger partial charge in [-0.2, -0.15) is 5.10 Å². The minimum Gasteiger partial charge on any atom is -0.394 e. The van der Waals surface area contributed by atoms with Crippen molar-refractivity contribution in [2.24, 2.45) is 0 Å². The van der Waals surface area contributed by atoms with Crippen LogP contribution in [0.15, 0.2) is 12.3 Å². The molecule has 0 saturated carbocycles. The molecule has 9 heteroatoms. The van der Waals surface area contributed by atoms with Crippen molar-refractivity contribution < 1.29 is 20.1 Å². The van der Waals surface area contributed by atoms with Crippen molar-refractivity contribution in [1.29, 1.82) is 0 Å². The van der Waals surface area contributed by atoms with E-state index in [1.54, 1.807) is 0 Å². The van der Waals surface area contributed by atoms with Crippen molar-refractivity contribution in [3.63, 3.8) is 0 Å². The lowest BCUT2D eigenvalue weighted by Gasteiger charge is -2.15. The Hall–Kier alpha value is -0.960. The number of aliphatic hydroxyl groups is 3. The lowest BCUT2D eigenvalue weighted by Crippen LogP contribution is -2.33. The highest BCUT2D eigenvalue weighted by molar-refractivity contribution is 6.37. The van der Waals surface area contributed by atoms with Crippen molar-refractivity contribution in [2.45, 2.75) is 24.5 Å². The number of rotatable bonds is 2. The van der Waals surface area contributed by atoms with Gasteiger partial charge in [-0.3, -0.25) is 0 Å². The van der Waals surface area contributed by atoms with E-state index in [1.165, 1.54) is 16.9 Å². The van der Waals surface area contributed by atoms with Crippen LogP contribution < -0.4 is 0 Å². The zero-order valence-electron chi connectivity index (χ0n) is 10.0. The molecule has 108 valence electrons. The maximum Gasteiger partial charge on any atom is 0.181 e. The second-order valence-corrected chi connectivity index (χ2v) is 5.28. The summed E-state index contributed by atoms with van der Waals surface area (Å²) in [7, 11) is 0. The average Bonchev–Trinajstić information content (AvgIpc) is 2.93. The molecule has 7 nitrogen and oxygen atoms in total. The molecule has 0 aromatic carbocycles. The number of pyridine rings is 1. The predicted octanol–water partition coefficient (Wildman–Crippen LogP) is 0.350. The largest absolute Gasteiger partial charge is 0.394 e. The van der Waals surface area contributed by atoms with Crippen LogP contribution in [-0.2, 0) is 4.74 Å². The monoisotopic (exact) mass is 319 g/mol. The molecule has 3 heterocycles. The van der Waals surface area contributed by atoms with Crippen molar-refractivity contribution in [2.75, 3.05) is 6.61 Å². The molecule has 3 N–H and O–H groups in total. The van der Waals surface area contributed by atoms with Gasteiger partial charge in [0.25, 0.3) is 0 Å². The zero-order valence-corrected chi connectivity index (χ0v) is 11.5. The van der Waals surface area contributed by atoms with Gasteiger partial charge in [0.05, 0.1) is 23.2 Å². The van der Waals surface area contributed by atoms with Crippen molar-refractivity contribution in [3.8, 4) is 0 Å². The number of hydrogen-bond donors (Lipinski definition) is 3. The quantitative estimate of drug-likeness (QED) is 0.690. The van der Waals surface area contributed by atoms with Gasteiger partial charge in [0.15, 0.2) is 11.9 Å². The Bertz CT molecular complexity index is 650. The highest BCUT2D eigenvalue weighted by atomic mass is 35.5. The summed E-state index contributed by atoms with van der Waals surface area (Å²) >= 11 is 11.9. The number of fused-ring (bicyclic) bond motifs is 1. The van der Waals surface area contributed by atoms with Gasteiger partial charge in [0.1, 0.15) is 23.5 Å². The zero-order chi connectivity index (χ0) is 14.4. The van der Waals surface area contributed by atoms with Gasteiger partial charge in [-0.1, -0.05) is 23.2 Å². The number of aromatic nitrogens is 3. The summed E-state index contributed by atoms with van der Waals surface area (Å²) in [5.74, 6) is 0. The van der Waals surface area contributed by atoms with Crippen LogP contribution in [0.25, 0.3) is 11.0 Å². The molecular formula is C11H11Cl2N3O4. The minimum absolute atomic E-state index is 0.177. The molecule has 2 aromatic heterocycles. The van der Waals surface area contributed by atoms with E-state index in [0.717, 1.165) is 0 Å². The van der Waals surface area contributed by atoms with E-state index in [2.05, 4.69) is 10.1 Å². The summed E-state index contributed by atoms with van der Waals surface area (Å²) in [5.41, 5.74) is 0.331. The SMILES string of the molecule is OC[C@H]1OC(n2ncc3c(Cl)cc(Cl)nc32)[C@H](O)[C@@H]1O. The lowest BCUT2D eigenvalue weighted by molar-refractivity contribution is -0.0566. The third kappa shape index (κ3) is 2.07. The van der Waals surface area contributed by atoms with Crippen LogP contribution in [0.5, 0.6) is 0 Å². The fourth-order valence-electron chi connectivity index (χ4n) is 2.22. The molecule has 0 aliphatic carbocycles. The molecule has 0 bridgehead atoms. The van der Waals surface area contributed by atoms with Gasteiger partial charge in [0, 0.05) is 0 Å². The molecule has 0 amide bonds. The maximum absolute atomic E-state index is 9.99. The molecule has 0 spiro atoms. The molecule has 4 atom stereocenters. The fraction of sp³-hybridized carbons (Fsp3) is 0.455. The third-order valence-corrected chi connectivity index (χ3v) is 3.75. The summed E-state index contributed by atoms with van der Waals surface area (Å²) in [6.45, 7) is -0.414. The topological polar surface area (TPSA) is 101 Å². The Labute approximate surface area is 123 Å². The second kappa shape index (κ2) is 5.10. The molecule has 1 unspecified atom stereocenters. The van der Waals surface area contributed by atoms with E-state index < -0.39 is 31.1 Å². The standard InChI is InChI=1S/C11H11Cl2N3O4/c12-5-1-7(13)15-10-4(5)2-14-16(10)11-9(19)8(18)6(3-17)20-11/h1-2,6,8-9,11,17-19H,3H2/t6-,8-,9-,11?/m1/s1. The Morgan fingerprint density at radius 1 is 1.30 bits per heavy atom. The minimum atomic E-state index is -1.24. The van der Waals surface area contributed by atoms with Crippen molar-refractivity contribution in [1.82, 2.24) is 14.8 Å². The summed E-state index contributed by atoms with van der Waals surface area (Å²) in [6, 6.07) is 1.48. The van der Waals surface area contributed by atoms with Gasteiger partial charge in [-0.25, -0.2) is 9.67 Å². The lowest BCUT2D eigenvalue weighted by atomic mass is 10.1. The molecule has 1 aliphatic heterocycles. The fourth-order valence-corrected chi connectivity index (χ4v) is 2.70. The van der Waals surface area contributed by atoms with E-state index in [9.17, 15) is 10.2 Å². The van der Waals surface area contributed by atoms with E-state index in [-0.39, 0.29) is 5.15 Å². The summed E-state index contributed by atoms with van der Waals surface area (Å²) in [6.07, 6.45) is -2.84. The Balaban J connectivity index is 2.07. The predicted molar refractivity (Wildman–Crippen MR) is 70.6 cm³/mol. The summed E-state index contributed by atoms with van der Waals surface area (Å²) in [5, 5.41) is 34.0. The maximum atomic E-state index is 9.99. The Kier molecular flexibility index (Phi) is 3.57. The second-order valence-electron chi connectivity index (χ2n) is 4.48. The van der Waals surface area contributed by atoms with Gasteiger partial charge >= 0.3 is 0 Å². The molecule has 0 radical (unpaired) electrons. The van der Waals surface area contributed by atoms with Crippen LogP contribution in [0.2, 0.25) is 10.2 Å². The van der Waals surface area contributed by atoms with E-state index in [4.69, 9.17) is 33.0 Å². The first-order valence-electron chi connectivity index (χ1n) is 5.84. The number of aliphatic hydroxyl groups excluding tert-OH is 3. The van der Waals surface area contributed by atoms with Gasteiger partial charge in [-0.05, 0) is 6.07 Å². The van der Waals surface area contributed by atoms with Gasteiger partial charge < -0.3 is 20.1 Å². The van der Waals surface area contributed by atoms with Crippen LogP contribution in [0, 0.1) is 0 Å². The molecule has 3 rings (SSSR count). The first-order chi connectivity index (χ1) is 9.52. The smallest absolute Gasteiger partial charge is 0.181 e. The first kappa shape index (κ1) is 14.0. The van der Waals surface area contributed by atoms with Crippen LogP contribution in [0.1, 0.15) is 6.23 Å². The number of hydrogen-bond acceptors (Lipinski definition) is 6. The molecule has 2 aromatic rings. The highest BCUT2D eigenvalue weighted by Crippen LogP contribution is 2.33. The van der Waals surface area contributed by atoms with Crippen molar-refractivity contribution in [3.05, 3.63) is 22.4 Å². The van der Waals surface area contributed by atoms with Gasteiger partial charge in [-0.15, -0.1) is 0 Å². The van der Waals surface area contributed by atoms with Crippen LogP contribution in [0.4, 0.5) is 0 Å². The number of halogens is 2. The number of ether oxygens (including phenoxy) is 1. The normalized spacial score (nSPS) is 30.2. The van der Waals surface area contributed by atoms with E-state index in [0.29, 0.717) is 16.1 Å². The molecule has 1 aliphatic rings. The van der Waals surface area contributed by atoms with Gasteiger partial charge in [0.2, 0.25) is 0 Å². The molecule has 1 fully saturated rings. The first-order valence-corrected chi connectivity index (χ1v) is 6.60. The summed E-state index contributed by atoms with van der Waals surface area (Å²) in [4.78, 5) is 4.10.